The van der Waals surface area contributed by atoms with Crippen LogP contribution in [0.25, 0.3) is 0 Å². The first kappa shape index (κ1) is 16.6. The summed E-state index contributed by atoms with van der Waals surface area (Å²) in [4.78, 5) is 8.88. The second-order valence-electron chi connectivity index (χ2n) is 6.49. The summed E-state index contributed by atoms with van der Waals surface area (Å²) in [6, 6.07) is 18.4. The molecule has 1 aliphatic rings. The van der Waals surface area contributed by atoms with Crippen LogP contribution in [-0.2, 0) is 19.3 Å². The monoisotopic (exact) mass is 346 g/mol. The van der Waals surface area contributed by atoms with Crippen LogP contribution in [0.15, 0.2) is 60.8 Å². The van der Waals surface area contributed by atoms with Gasteiger partial charge in [0.1, 0.15) is 11.5 Å². The first-order chi connectivity index (χ1) is 12.9. The van der Waals surface area contributed by atoms with E-state index in [9.17, 15) is 0 Å². The number of ether oxygens (including phenoxy) is 2. The van der Waals surface area contributed by atoms with Gasteiger partial charge < -0.3 is 9.47 Å². The van der Waals surface area contributed by atoms with E-state index in [0.29, 0.717) is 12.6 Å². The Bertz CT molecular complexity index is 848. The number of nitrogens with zero attached hydrogens (tertiary/aromatic N) is 2. The van der Waals surface area contributed by atoms with E-state index in [4.69, 9.17) is 9.47 Å². The largest absolute Gasteiger partial charge is 0.463 e. The van der Waals surface area contributed by atoms with E-state index in [0.717, 1.165) is 36.5 Å². The van der Waals surface area contributed by atoms with Crippen LogP contribution < -0.4 is 9.47 Å². The smallest absolute Gasteiger partial charge is 0.316 e. The molecule has 26 heavy (non-hydrogen) atoms. The van der Waals surface area contributed by atoms with Gasteiger partial charge in [-0.3, -0.25) is 0 Å². The lowest BCUT2D eigenvalue weighted by Crippen LogP contribution is -2.10. The summed E-state index contributed by atoms with van der Waals surface area (Å²) in [6.07, 6.45) is 7.31. The molecule has 0 saturated carbocycles. The maximum Gasteiger partial charge on any atom is 0.316 e. The number of para-hydroxylation sites is 1. The van der Waals surface area contributed by atoms with E-state index in [2.05, 4.69) is 22.1 Å². The predicted octanol–water partition coefficient (Wildman–Crippen LogP) is 4.77. The molecule has 0 amide bonds. The summed E-state index contributed by atoms with van der Waals surface area (Å²) < 4.78 is 11.6. The molecule has 0 bridgehead atoms. The number of aromatic nitrogens is 2. The quantitative estimate of drug-likeness (QED) is 0.645. The Morgan fingerprint density at radius 3 is 2.46 bits per heavy atom. The number of rotatable bonds is 6. The van der Waals surface area contributed by atoms with Crippen LogP contribution in [0.3, 0.4) is 0 Å². The van der Waals surface area contributed by atoms with Gasteiger partial charge in [-0.05, 0) is 61.1 Å². The molecule has 4 heteroatoms. The topological polar surface area (TPSA) is 44.2 Å². The third kappa shape index (κ3) is 4.20. The molecule has 132 valence electrons. The molecule has 4 nitrogen and oxygen atoms in total. The maximum absolute atomic E-state index is 5.81. The fraction of sp³-hybridized carbons (Fsp3) is 0.273. The number of fused-ring (bicyclic) bond motifs is 1. The van der Waals surface area contributed by atoms with Crippen molar-refractivity contribution in [2.45, 2.75) is 32.1 Å². The van der Waals surface area contributed by atoms with Gasteiger partial charge in [0.05, 0.1) is 12.3 Å². The third-order valence-electron chi connectivity index (χ3n) is 4.57. The van der Waals surface area contributed by atoms with E-state index in [1.807, 2.05) is 48.7 Å². The second kappa shape index (κ2) is 8.00. The summed E-state index contributed by atoms with van der Waals surface area (Å²) in [5.41, 5.74) is 3.63. The summed E-state index contributed by atoms with van der Waals surface area (Å²) in [5.74, 6) is 1.67. The lowest BCUT2D eigenvalue weighted by atomic mass is 9.98. The van der Waals surface area contributed by atoms with Crippen molar-refractivity contribution < 1.29 is 9.47 Å². The highest BCUT2D eigenvalue weighted by molar-refractivity contribution is 5.33. The molecule has 0 aliphatic heterocycles. The fourth-order valence-electron chi connectivity index (χ4n) is 3.14. The van der Waals surface area contributed by atoms with Gasteiger partial charge in [0.25, 0.3) is 0 Å². The van der Waals surface area contributed by atoms with Crippen LogP contribution in [0.5, 0.6) is 17.5 Å². The Labute approximate surface area is 153 Å². The molecule has 2 aromatic carbocycles. The van der Waals surface area contributed by atoms with Crippen LogP contribution in [0.4, 0.5) is 0 Å². The number of aryl methyl sites for hydroxylation is 2. The zero-order chi connectivity index (χ0) is 17.6. The molecule has 0 spiro atoms. The number of hydrogen-bond donors (Lipinski definition) is 0. The van der Waals surface area contributed by atoms with Crippen molar-refractivity contribution in [1.82, 2.24) is 9.97 Å². The molecule has 0 atom stereocenters. The highest BCUT2D eigenvalue weighted by atomic mass is 16.5. The third-order valence-corrected chi connectivity index (χ3v) is 4.57. The molecule has 0 unspecified atom stereocenters. The number of hydrogen-bond acceptors (Lipinski definition) is 4. The van der Waals surface area contributed by atoms with E-state index >= 15 is 0 Å². The van der Waals surface area contributed by atoms with Crippen molar-refractivity contribution in [2.75, 3.05) is 6.61 Å². The summed E-state index contributed by atoms with van der Waals surface area (Å²) in [5, 5.41) is 0. The van der Waals surface area contributed by atoms with E-state index in [1.165, 1.54) is 24.0 Å². The van der Waals surface area contributed by atoms with E-state index < -0.39 is 0 Å². The van der Waals surface area contributed by atoms with Crippen LogP contribution in [0, 0.1) is 0 Å². The minimum Gasteiger partial charge on any atom is -0.463 e. The van der Waals surface area contributed by atoms with Crippen molar-refractivity contribution in [3.8, 4) is 17.5 Å². The van der Waals surface area contributed by atoms with Crippen molar-refractivity contribution in [3.05, 3.63) is 77.6 Å². The molecule has 0 fully saturated rings. The number of benzene rings is 2. The van der Waals surface area contributed by atoms with Crippen LogP contribution in [-0.4, -0.2) is 16.6 Å². The van der Waals surface area contributed by atoms with Gasteiger partial charge in [0, 0.05) is 12.6 Å². The Kier molecular flexibility index (Phi) is 5.10. The van der Waals surface area contributed by atoms with Crippen LogP contribution >= 0.6 is 0 Å². The first-order valence-electron chi connectivity index (χ1n) is 9.16. The lowest BCUT2D eigenvalue weighted by molar-refractivity contribution is 0.294. The van der Waals surface area contributed by atoms with Gasteiger partial charge in [0.2, 0.25) is 0 Å². The molecule has 0 N–H and O–H groups in total. The van der Waals surface area contributed by atoms with Gasteiger partial charge in [-0.2, -0.15) is 4.98 Å². The van der Waals surface area contributed by atoms with Gasteiger partial charge in [-0.25, -0.2) is 4.98 Å². The SMILES string of the molecule is c1ccc(Oc2ccc(CCOc3ncc4c(n3)CCCC4)cc2)cc1. The molecule has 3 aromatic rings. The predicted molar refractivity (Wildman–Crippen MR) is 101 cm³/mol. The van der Waals surface area contributed by atoms with Gasteiger partial charge in [-0.15, -0.1) is 0 Å². The van der Waals surface area contributed by atoms with E-state index in [1.54, 1.807) is 0 Å². The Morgan fingerprint density at radius 1 is 0.846 bits per heavy atom. The van der Waals surface area contributed by atoms with Gasteiger partial charge in [0.15, 0.2) is 0 Å². The Balaban J connectivity index is 1.29. The van der Waals surface area contributed by atoms with Crippen LogP contribution in [0.2, 0.25) is 0 Å². The molecule has 4 rings (SSSR count). The van der Waals surface area contributed by atoms with Crippen molar-refractivity contribution in [1.29, 1.82) is 0 Å². The zero-order valence-corrected chi connectivity index (χ0v) is 14.7. The average Bonchev–Trinajstić information content (AvgIpc) is 2.70. The molecule has 0 saturated heterocycles. The minimum absolute atomic E-state index is 0.495. The van der Waals surface area contributed by atoms with Crippen molar-refractivity contribution in [2.24, 2.45) is 0 Å². The Morgan fingerprint density at radius 2 is 1.62 bits per heavy atom. The summed E-state index contributed by atoms with van der Waals surface area (Å²) in [6.45, 7) is 0.567. The normalized spacial score (nSPS) is 13.1. The average molecular weight is 346 g/mol. The minimum atomic E-state index is 0.495. The molecular formula is C22H22N2O2. The summed E-state index contributed by atoms with van der Waals surface area (Å²) >= 11 is 0. The fourth-order valence-corrected chi connectivity index (χ4v) is 3.14. The van der Waals surface area contributed by atoms with Gasteiger partial charge in [-0.1, -0.05) is 30.3 Å². The molecular weight excluding hydrogens is 324 g/mol. The lowest BCUT2D eigenvalue weighted by Gasteiger charge is -2.14. The maximum atomic E-state index is 5.81. The van der Waals surface area contributed by atoms with Crippen molar-refractivity contribution >= 4 is 0 Å². The molecule has 0 radical (unpaired) electrons. The highest BCUT2D eigenvalue weighted by Crippen LogP contribution is 2.22. The first-order valence-corrected chi connectivity index (χ1v) is 9.16. The van der Waals surface area contributed by atoms with Crippen molar-refractivity contribution in [3.63, 3.8) is 0 Å². The van der Waals surface area contributed by atoms with Gasteiger partial charge >= 0.3 is 6.01 Å². The zero-order valence-electron chi connectivity index (χ0n) is 14.7. The second-order valence-corrected chi connectivity index (χ2v) is 6.49. The molecule has 1 aromatic heterocycles. The van der Waals surface area contributed by atoms with Crippen LogP contribution in [0.1, 0.15) is 29.7 Å². The van der Waals surface area contributed by atoms with E-state index in [-0.39, 0.29) is 0 Å². The molecule has 1 aliphatic carbocycles. The molecule has 1 heterocycles. The summed E-state index contributed by atoms with van der Waals surface area (Å²) in [7, 11) is 0. The highest BCUT2D eigenvalue weighted by Gasteiger charge is 2.12. The Hall–Kier alpha value is -2.88. The standard InChI is InChI=1S/C22H22N2O2/c1-2-7-19(8-3-1)26-20-12-10-17(11-13-20)14-15-25-22-23-16-18-6-4-5-9-21(18)24-22/h1-3,7-8,10-13,16H,4-6,9,14-15H2.